The number of esters is 1. The van der Waals surface area contributed by atoms with E-state index >= 15 is 0 Å². The third-order valence-electron chi connectivity index (χ3n) is 4.14. The van der Waals surface area contributed by atoms with Gasteiger partial charge in [0.25, 0.3) is 0 Å². The second-order valence-electron chi connectivity index (χ2n) is 5.74. The number of carbonyl (C=O) groups excluding carboxylic acids is 1. The van der Waals surface area contributed by atoms with Crippen LogP contribution >= 0.6 is 0 Å². The molecule has 0 radical (unpaired) electrons. The van der Waals surface area contributed by atoms with Gasteiger partial charge in [-0.25, -0.2) is 14.8 Å². The van der Waals surface area contributed by atoms with E-state index in [9.17, 15) is 4.79 Å². The van der Waals surface area contributed by atoms with Gasteiger partial charge in [0.15, 0.2) is 5.69 Å². The molecule has 1 heterocycles. The predicted molar refractivity (Wildman–Crippen MR) is 96.0 cm³/mol. The fourth-order valence-corrected chi connectivity index (χ4v) is 2.77. The van der Waals surface area contributed by atoms with E-state index < -0.39 is 5.97 Å². The van der Waals surface area contributed by atoms with E-state index in [0.29, 0.717) is 18.7 Å². The van der Waals surface area contributed by atoms with Crippen molar-refractivity contribution in [3.8, 4) is 5.75 Å². The average molecular weight is 336 g/mol. The van der Waals surface area contributed by atoms with Gasteiger partial charge in [-0.15, -0.1) is 0 Å². The lowest BCUT2D eigenvalue weighted by Gasteiger charge is -2.10. The molecule has 0 aliphatic carbocycles. The molecule has 0 bridgehead atoms. The SMILES string of the molecule is CCOC(=O)c1ncnc(Cc2ccc3ccc(OC)cc3c2)c1C. The van der Waals surface area contributed by atoms with Crippen molar-refractivity contribution < 1.29 is 14.3 Å². The Bertz CT molecular complexity index is 922. The quantitative estimate of drug-likeness (QED) is 0.665. The van der Waals surface area contributed by atoms with Crippen LogP contribution in [0.5, 0.6) is 5.75 Å². The first-order valence-corrected chi connectivity index (χ1v) is 8.16. The van der Waals surface area contributed by atoms with Gasteiger partial charge in [0.05, 0.1) is 19.4 Å². The second-order valence-corrected chi connectivity index (χ2v) is 5.74. The summed E-state index contributed by atoms with van der Waals surface area (Å²) in [5, 5.41) is 2.25. The minimum Gasteiger partial charge on any atom is -0.497 e. The van der Waals surface area contributed by atoms with Crippen LogP contribution in [-0.2, 0) is 11.2 Å². The van der Waals surface area contributed by atoms with E-state index in [0.717, 1.165) is 33.3 Å². The zero-order valence-corrected chi connectivity index (χ0v) is 14.6. The maximum Gasteiger partial charge on any atom is 0.357 e. The Morgan fingerprint density at radius 2 is 1.88 bits per heavy atom. The van der Waals surface area contributed by atoms with Crippen LogP contribution in [0.25, 0.3) is 10.8 Å². The molecule has 0 N–H and O–H groups in total. The Balaban J connectivity index is 1.93. The lowest BCUT2D eigenvalue weighted by atomic mass is 10.0. The van der Waals surface area contributed by atoms with Crippen LogP contribution in [0.3, 0.4) is 0 Å². The summed E-state index contributed by atoms with van der Waals surface area (Å²) < 4.78 is 10.3. The molecule has 0 saturated carbocycles. The van der Waals surface area contributed by atoms with Crippen LogP contribution in [0.4, 0.5) is 0 Å². The summed E-state index contributed by atoms with van der Waals surface area (Å²) in [5.74, 6) is 0.416. The van der Waals surface area contributed by atoms with Crippen molar-refractivity contribution >= 4 is 16.7 Å². The molecule has 1 aromatic heterocycles. The van der Waals surface area contributed by atoms with Crippen LogP contribution in [0.15, 0.2) is 42.7 Å². The van der Waals surface area contributed by atoms with E-state index in [4.69, 9.17) is 9.47 Å². The molecule has 0 unspecified atom stereocenters. The lowest BCUT2D eigenvalue weighted by Crippen LogP contribution is -2.12. The van der Waals surface area contributed by atoms with Crippen molar-refractivity contribution in [2.75, 3.05) is 13.7 Å². The number of ether oxygens (including phenoxy) is 2. The standard InChI is InChI=1S/C20H20N2O3/c1-4-25-20(23)19-13(2)18(21-12-22-19)10-14-5-6-15-7-8-17(24-3)11-16(15)9-14/h5-9,11-12H,4,10H2,1-3H3. The van der Waals surface area contributed by atoms with E-state index in [1.807, 2.05) is 25.1 Å². The monoisotopic (exact) mass is 336 g/mol. The maximum absolute atomic E-state index is 12.0. The van der Waals surface area contributed by atoms with Gasteiger partial charge >= 0.3 is 5.97 Å². The van der Waals surface area contributed by atoms with Gasteiger partial charge in [0.2, 0.25) is 0 Å². The third kappa shape index (κ3) is 3.60. The largest absolute Gasteiger partial charge is 0.497 e. The summed E-state index contributed by atoms with van der Waals surface area (Å²) in [6.07, 6.45) is 2.03. The average Bonchev–Trinajstić information content (AvgIpc) is 2.63. The van der Waals surface area contributed by atoms with Gasteiger partial charge in [-0.3, -0.25) is 0 Å². The van der Waals surface area contributed by atoms with Crippen LogP contribution in [0.1, 0.15) is 34.2 Å². The molecule has 0 aliphatic heterocycles. The number of carbonyl (C=O) groups is 1. The number of benzene rings is 2. The highest BCUT2D eigenvalue weighted by Crippen LogP contribution is 2.23. The summed E-state index contributed by atoms with van der Waals surface area (Å²) in [6, 6.07) is 12.3. The second kappa shape index (κ2) is 7.30. The highest BCUT2D eigenvalue weighted by Gasteiger charge is 2.15. The maximum atomic E-state index is 12.0. The molecule has 0 saturated heterocycles. The van der Waals surface area contributed by atoms with Crippen LogP contribution in [0.2, 0.25) is 0 Å². The summed E-state index contributed by atoms with van der Waals surface area (Å²) in [5.41, 5.74) is 3.01. The number of rotatable bonds is 5. The molecule has 0 atom stereocenters. The van der Waals surface area contributed by atoms with E-state index in [1.54, 1.807) is 14.0 Å². The highest BCUT2D eigenvalue weighted by molar-refractivity contribution is 5.89. The van der Waals surface area contributed by atoms with Crippen LogP contribution in [0, 0.1) is 6.92 Å². The molecule has 128 valence electrons. The molecule has 3 rings (SSSR count). The van der Waals surface area contributed by atoms with Crippen molar-refractivity contribution in [1.29, 1.82) is 0 Å². The minimum absolute atomic E-state index is 0.324. The molecular formula is C20H20N2O3. The van der Waals surface area contributed by atoms with Crippen molar-refractivity contribution in [2.24, 2.45) is 0 Å². The van der Waals surface area contributed by atoms with Gasteiger partial charge in [-0.1, -0.05) is 24.3 Å². The summed E-state index contributed by atoms with van der Waals surface area (Å²) >= 11 is 0. The number of hydrogen-bond donors (Lipinski definition) is 0. The highest BCUT2D eigenvalue weighted by atomic mass is 16.5. The molecule has 5 heteroatoms. The first-order valence-electron chi connectivity index (χ1n) is 8.16. The fraction of sp³-hybridized carbons (Fsp3) is 0.250. The third-order valence-corrected chi connectivity index (χ3v) is 4.14. The summed E-state index contributed by atoms with van der Waals surface area (Å²) in [4.78, 5) is 20.4. The number of aromatic nitrogens is 2. The Morgan fingerprint density at radius 3 is 2.64 bits per heavy atom. The number of fused-ring (bicyclic) bond motifs is 1. The zero-order valence-electron chi connectivity index (χ0n) is 14.6. The normalized spacial score (nSPS) is 10.7. The molecule has 0 fully saturated rings. The smallest absolute Gasteiger partial charge is 0.357 e. The van der Waals surface area contributed by atoms with E-state index in [2.05, 4.69) is 28.2 Å². The first-order chi connectivity index (χ1) is 12.1. The minimum atomic E-state index is -0.410. The predicted octanol–water partition coefficient (Wildman–Crippen LogP) is 3.71. The molecule has 0 spiro atoms. The van der Waals surface area contributed by atoms with Crippen molar-refractivity contribution in [3.63, 3.8) is 0 Å². The first kappa shape index (κ1) is 16.9. The van der Waals surface area contributed by atoms with E-state index in [1.165, 1.54) is 6.33 Å². The summed E-state index contributed by atoms with van der Waals surface area (Å²) in [7, 11) is 1.66. The molecule has 2 aromatic carbocycles. The molecule has 3 aromatic rings. The number of hydrogen-bond acceptors (Lipinski definition) is 5. The molecule has 0 amide bonds. The van der Waals surface area contributed by atoms with Crippen LogP contribution < -0.4 is 4.74 Å². The number of methoxy groups -OCH3 is 1. The Morgan fingerprint density at radius 1 is 1.08 bits per heavy atom. The Kier molecular flexibility index (Phi) is 4.93. The number of nitrogens with zero attached hydrogens (tertiary/aromatic N) is 2. The van der Waals surface area contributed by atoms with Gasteiger partial charge in [0.1, 0.15) is 12.1 Å². The lowest BCUT2D eigenvalue weighted by molar-refractivity contribution is 0.0518. The van der Waals surface area contributed by atoms with Gasteiger partial charge in [-0.05, 0) is 42.3 Å². The Hall–Kier alpha value is -2.95. The molecular weight excluding hydrogens is 316 g/mol. The topological polar surface area (TPSA) is 61.3 Å². The van der Waals surface area contributed by atoms with Crippen molar-refractivity contribution in [2.45, 2.75) is 20.3 Å². The Labute approximate surface area is 146 Å². The van der Waals surface area contributed by atoms with Crippen LogP contribution in [-0.4, -0.2) is 29.7 Å². The van der Waals surface area contributed by atoms with Gasteiger partial charge < -0.3 is 9.47 Å². The molecule has 0 aliphatic rings. The fourth-order valence-electron chi connectivity index (χ4n) is 2.77. The van der Waals surface area contributed by atoms with Gasteiger partial charge in [0, 0.05) is 12.0 Å². The van der Waals surface area contributed by atoms with Crippen molar-refractivity contribution in [1.82, 2.24) is 9.97 Å². The summed E-state index contributed by atoms with van der Waals surface area (Å²) in [6.45, 7) is 3.95. The van der Waals surface area contributed by atoms with Crippen molar-refractivity contribution in [3.05, 3.63) is 65.2 Å². The molecule has 5 nitrogen and oxygen atoms in total. The van der Waals surface area contributed by atoms with E-state index in [-0.39, 0.29) is 0 Å². The molecule has 25 heavy (non-hydrogen) atoms. The van der Waals surface area contributed by atoms with Gasteiger partial charge in [-0.2, -0.15) is 0 Å². The zero-order chi connectivity index (χ0) is 17.8.